The molecule has 1 aromatic rings. The lowest BCUT2D eigenvalue weighted by molar-refractivity contribution is 0.473. The number of phenolic OH excluding ortho intramolecular Hbond substituents is 1. The van der Waals surface area contributed by atoms with Crippen LogP contribution in [0.15, 0.2) is 18.2 Å². The van der Waals surface area contributed by atoms with Crippen molar-refractivity contribution in [3.05, 3.63) is 29.3 Å². The summed E-state index contributed by atoms with van der Waals surface area (Å²) in [4.78, 5) is 0. The minimum atomic E-state index is 0.432. The van der Waals surface area contributed by atoms with E-state index in [4.69, 9.17) is 0 Å². The van der Waals surface area contributed by atoms with Crippen molar-refractivity contribution in [1.29, 1.82) is 0 Å². The van der Waals surface area contributed by atoms with E-state index >= 15 is 0 Å². The largest absolute Gasteiger partial charge is 0.508 e. The van der Waals surface area contributed by atoms with E-state index in [0.29, 0.717) is 11.2 Å². The Morgan fingerprint density at radius 3 is 2.75 bits per heavy atom. The first kappa shape index (κ1) is 6.53. The highest BCUT2D eigenvalue weighted by atomic mass is 16.3. The summed E-state index contributed by atoms with van der Waals surface area (Å²) in [5, 5.41) is 9.36. The number of aromatic hydroxyl groups is 1. The quantitative estimate of drug-likeness (QED) is 0.617. The van der Waals surface area contributed by atoms with E-state index < -0.39 is 0 Å². The van der Waals surface area contributed by atoms with Crippen molar-refractivity contribution in [3.8, 4) is 5.75 Å². The van der Waals surface area contributed by atoms with Crippen molar-refractivity contribution in [3.63, 3.8) is 0 Å². The second-order valence-electron chi connectivity index (χ2n) is 4.12. The zero-order chi connectivity index (χ0) is 8.18. The van der Waals surface area contributed by atoms with Gasteiger partial charge in [0.1, 0.15) is 5.75 Å². The molecule has 1 aromatic carbocycles. The third-order valence-electron chi connectivity index (χ3n) is 3.39. The van der Waals surface area contributed by atoms with Gasteiger partial charge in [-0.25, -0.2) is 0 Å². The molecule has 0 amide bonds. The number of rotatable bonds is 0. The second-order valence-corrected chi connectivity index (χ2v) is 4.12. The van der Waals surface area contributed by atoms with Gasteiger partial charge in [-0.3, -0.25) is 0 Å². The van der Waals surface area contributed by atoms with E-state index in [2.05, 4.69) is 6.07 Å². The number of hydrogen-bond acceptors (Lipinski definition) is 1. The van der Waals surface area contributed by atoms with Crippen molar-refractivity contribution in [1.82, 2.24) is 0 Å². The van der Waals surface area contributed by atoms with Crippen LogP contribution in [0.3, 0.4) is 0 Å². The molecule has 1 fully saturated rings. The van der Waals surface area contributed by atoms with Crippen LogP contribution in [0.4, 0.5) is 0 Å². The van der Waals surface area contributed by atoms with Gasteiger partial charge in [-0.2, -0.15) is 0 Å². The molecule has 62 valence electrons. The molecule has 0 radical (unpaired) electrons. The summed E-state index contributed by atoms with van der Waals surface area (Å²) in [6.07, 6.45) is 5.20. The van der Waals surface area contributed by atoms with Gasteiger partial charge in [0.05, 0.1) is 0 Å². The lowest BCUT2D eigenvalue weighted by Crippen LogP contribution is -1.98. The summed E-state index contributed by atoms with van der Waals surface area (Å²) in [6.45, 7) is 0. The maximum absolute atomic E-state index is 9.36. The monoisotopic (exact) mass is 160 g/mol. The fourth-order valence-corrected chi connectivity index (χ4v) is 2.45. The number of phenols is 1. The summed E-state index contributed by atoms with van der Waals surface area (Å²) in [5.74, 6) is 0.432. The average Bonchev–Trinajstić information content (AvgIpc) is 2.74. The van der Waals surface area contributed by atoms with Gasteiger partial charge >= 0.3 is 0 Å². The first-order valence-corrected chi connectivity index (χ1v) is 4.63. The molecule has 1 heteroatoms. The lowest BCUT2D eigenvalue weighted by atomic mass is 9.98. The predicted octanol–water partition coefficient (Wildman–Crippen LogP) is 2.37. The highest BCUT2D eigenvalue weighted by Gasteiger charge is 2.48. The smallest absolute Gasteiger partial charge is 0.115 e. The molecule has 0 saturated heterocycles. The van der Waals surface area contributed by atoms with Crippen LogP contribution < -0.4 is 0 Å². The summed E-state index contributed by atoms with van der Waals surface area (Å²) < 4.78 is 0. The number of hydrogen-bond donors (Lipinski definition) is 1. The Hall–Kier alpha value is -0.980. The van der Waals surface area contributed by atoms with Crippen molar-refractivity contribution in [2.24, 2.45) is 0 Å². The Labute approximate surface area is 72.0 Å². The van der Waals surface area contributed by atoms with Gasteiger partial charge in [0.25, 0.3) is 0 Å². The van der Waals surface area contributed by atoms with Crippen molar-refractivity contribution in [2.45, 2.75) is 31.1 Å². The van der Waals surface area contributed by atoms with Crippen molar-refractivity contribution in [2.75, 3.05) is 0 Å². The Morgan fingerprint density at radius 1 is 1.17 bits per heavy atom. The highest BCUT2D eigenvalue weighted by Crippen LogP contribution is 2.57. The van der Waals surface area contributed by atoms with E-state index in [-0.39, 0.29) is 0 Å². The standard InChI is InChI=1S/C11H12O/c12-9-2-1-8-3-4-11(5-6-11)10(8)7-9/h1-2,7,12H,3-6H2. The minimum Gasteiger partial charge on any atom is -0.508 e. The van der Waals surface area contributed by atoms with E-state index in [1.54, 1.807) is 6.07 Å². The topological polar surface area (TPSA) is 20.2 Å². The molecule has 0 atom stereocenters. The van der Waals surface area contributed by atoms with Crippen LogP contribution in [-0.4, -0.2) is 5.11 Å². The van der Waals surface area contributed by atoms with Gasteiger partial charge in [0.15, 0.2) is 0 Å². The van der Waals surface area contributed by atoms with E-state index in [9.17, 15) is 5.11 Å². The lowest BCUT2D eigenvalue weighted by Gasteiger charge is -2.07. The maximum atomic E-state index is 9.36. The molecule has 0 unspecified atom stereocenters. The first-order valence-electron chi connectivity index (χ1n) is 4.63. The third kappa shape index (κ3) is 0.689. The molecule has 0 aromatic heterocycles. The fraction of sp³-hybridized carbons (Fsp3) is 0.455. The summed E-state index contributed by atoms with van der Waals surface area (Å²) in [5.41, 5.74) is 3.40. The highest BCUT2D eigenvalue weighted by molar-refractivity contribution is 5.46. The predicted molar refractivity (Wildman–Crippen MR) is 47.3 cm³/mol. The molecule has 1 spiro atoms. The summed E-state index contributed by atoms with van der Waals surface area (Å²) >= 11 is 0. The first-order chi connectivity index (χ1) is 5.80. The maximum Gasteiger partial charge on any atom is 0.115 e. The Morgan fingerprint density at radius 2 is 2.00 bits per heavy atom. The molecule has 0 aliphatic heterocycles. The SMILES string of the molecule is Oc1ccc2c(c1)C1(CC2)CC1. The van der Waals surface area contributed by atoms with Gasteiger partial charge in [-0.15, -0.1) is 0 Å². The van der Waals surface area contributed by atoms with Gasteiger partial charge in [-0.1, -0.05) is 6.07 Å². The Bertz CT molecular complexity index is 337. The van der Waals surface area contributed by atoms with Crippen LogP contribution in [-0.2, 0) is 11.8 Å². The Balaban J connectivity index is 2.20. The normalized spacial score (nSPS) is 22.7. The number of benzene rings is 1. The van der Waals surface area contributed by atoms with Crippen LogP contribution in [0.25, 0.3) is 0 Å². The van der Waals surface area contributed by atoms with E-state index in [0.717, 1.165) is 0 Å². The van der Waals surface area contributed by atoms with Crippen LogP contribution in [0.2, 0.25) is 0 Å². The average molecular weight is 160 g/mol. The van der Waals surface area contributed by atoms with Crippen molar-refractivity contribution < 1.29 is 5.11 Å². The van der Waals surface area contributed by atoms with E-state index in [1.807, 2.05) is 6.07 Å². The van der Waals surface area contributed by atoms with Crippen LogP contribution in [0.5, 0.6) is 5.75 Å². The molecule has 1 nitrogen and oxygen atoms in total. The van der Waals surface area contributed by atoms with Gasteiger partial charge < -0.3 is 5.11 Å². The molecule has 3 rings (SSSR count). The molecule has 2 aliphatic rings. The van der Waals surface area contributed by atoms with Gasteiger partial charge in [0.2, 0.25) is 0 Å². The van der Waals surface area contributed by atoms with Gasteiger partial charge in [0, 0.05) is 0 Å². The third-order valence-corrected chi connectivity index (χ3v) is 3.39. The molecule has 1 saturated carbocycles. The van der Waals surface area contributed by atoms with Crippen LogP contribution in [0.1, 0.15) is 30.4 Å². The zero-order valence-electron chi connectivity index (χ0n) is 7.01. The zero-order valence-corrected chi connectivity index (χ0v) is 7.01. The molecular weight excluding hydrogens is 148 g/mol. The summed E-state index contributed by atoms with van der Waals surface area (Å²) in [7, 11) is 0. The second kappa shape index (κ2) is 1.85. The molecule has 1 N–H and O–H groups in total. The molecule has 12 heavy (non-hydrogen) atoms. The molecule has 0 heterocycles. The summed E-state index contributed by atoms with van der Waals surface area (Å²) in [6, 6.07) is 5.85. The Kier molecular flexibility index (Phi) is 1.00. The minimum absolute atomic E-state index is 0.432. The number of aryl methyl sites for hydroxylation is 1. The van der Waals surface area contributed by atoms with Crippen LogP contribution in [0, 0.1) is 0 Å². The molecular formula is C11H12O. The van der Waals surface area contributed by atoms with Gasteiger partial charge in [-0.05, 0) is 54.4 Å². The number of fused-ring (bicyclic) bond motifs is 2. The van der Waals surface area contributed by atoms with E-state index in [1.165, 1.54) is 36.8 Å². The van der Waals surface area contributed by atoms with Crippen molar-refractivity contribution >= 4 is 0 Å². The fourth-order valence-electron chi connectivity index (χ4n) is 2.45. The molecule has 0 bridgehead atoms. The molecule has 2 aliphatic carbocycles. The van der Waals surface area contributed by atoms with Crippen LogP contribution >= 0.6 is 0 Å².